The molecule has 0 spiro atoms. The molecule has 1 aromatic carbocycles. The van der Waals surface area contributed by atoms with Crippen molar-refractivity contribution in [1.82, 2.24) is 24.6 Å². The van der Waals surface area contributed by atoms with Gasteiger partial charge in [-0.05, 0) is 32.8 Å². The summed E-state index contributed by atoms with van der Waals surface area (Å²) in [6, 6.07) is 7.60. The zero-order chi connectivity index (χ0) is 25.2. The SMILES string of the molecule is Cc1oc(C2CCN(C(=O)CCC(=O)n3nc(C)c4ccccc43)CC2)nc1C(=O)N1CCOCC1. The standard InChI is InChI=1S/C26H31N5O5/c1-17-20-5-3-4-6-21(20)31(28-17)23(33)8-7-22(32)29-11-9-19(10-12-29)25-27-24(18(2)36-25)26(34)30-13-15-35-16-14-30/h3-6,19H,7-16H2,1-2H3. The highest BCUT2D eigenvalue weighted by atomic mass is 16.5. The summed E-state index contributed by atoms with van der Waals surface area (Å²) < 4.78 is 12.6. The van der Waals surface area contributed by atoms with Crippen molar-refractivity contribution in [3.05, 3.63) is 47.3 Å². The molecular weight excluding hydrogens is 462 g/mol. The Morgan fingerprint density at radius 2 is 1.64 bits per heavy atom. The van der Waals surface area contributed by atoms with E-state index < -0.39 is 0 Å². The molecule has 0 N–H and O–H groups in total. The van der Waals surface area contributed by atoms with Gasteiger partial charge in [-0.25, -0.2) is 4.98 Å². The number of likely N-dealkylation sites (tertiary alicyclic amines) is 1. The summed E-state index contributed by atoms with van der Waals surface area (Å²) in [6.45, 7) is 6.95. The fourth-order valence-electron chi connectivity index (χ4n) is 4.97. The third-order valence-corrected chi connectivity index (χ3v) is 7.07. The average molecular weight is 494 g/mol. The van der Waals surface area contributed by atoms with Crippen LogP contribution in [0, 0.1) is 13.8 Å². The number of aryl methyl sites for hydroxylation is 2. The first-order chi connectivity index (χ1) is 17.4. The zero-order valence-corrected chi connectivity index (χ0v) is 20.7. The van der Waals surface area contributed by atoms with Crippen molar-refractivity contribution in [2.75, 3.05) is 39.4 Å². The van der Waals surface area contributed by atoms with Crippen molar-refractivity contribution in [3.63, 3.8) is 0 Å². The zero-order valence-electron chi connectivity index (χ0n) is 20.7. The topological polar surface area (TPSA) is 111 Å². The second-order valence-corrected chi connectivity index (χ2v) is 9.42. The molecular formula is C26H31N5O5. The molecule has 3 aromatic rings. The summed E-state index contributed by atoms with van der Waals surface area (Å²) in [6.07, 6.45) is 1.66. The Morgan fingerprint density at radius 1 is 0.944 bits per heavy atom. The van der Waals surface area contributed by atoms with Crippen molar-refractivity contribution in [3.8, 4) is 0 Å². The Balaban J connectivity index is 1.14. The molecule has 0 radical (unpaired) electrons. The number of oxazole rings is 1. The van der Waals surface area contributed by atoms with Gasteiger partial charge in [0, 0.05) is 50.3 Å². The van der Waals surface area contributed by atoms with Gasteiger partial charge in [-0.3, -0.25) is 14.4 Å². The van der Waals surface area contributed by atoms with Crippen LogP contribution in [0.3, 0.4) is 0 Å². The molecule has 2 aromatic heterocycles. The highest BCUT2D eigenvalue weighted by molar-refractivity contribution is 5.94. The van der Waals surface area contributed by atoms with Crippen molar-refractivity contribution in [1.29, 1.82) is 0 Å². The van der Waals surface area contributed by atoms with Gasteiger partial charge in [-0.2, -0.15) is 9.78 Å². The Morgan fingerprint density at radius 3 is 2.39 bits per heavy atom. The van der Waals surface area contributed by atoms with Gasteiger partial charge in [-0.1, -0.05) is 18.2 Å². The molecule has 2 aliphatic heterocycles. The van der Waals surface area contributed by atoms with Gasteiger partial charge in [0.05, 0.1) is 24.4 Å². The van der Waals surface area contributed by atoms with E-state index in [-0.39, 0.29) is 36.5 Å². The molecule has 2 saturated heterocycles. The van der Waals surface area contributed by atoms with Crippen LogP contribution in [-0.4, -0.2) is 81.7 Å². The van der Waals surface area contributed by atoms with Crippen LogP contribution in [0.15, 0.2) is 28.7 Å². The Bertz CT molecular complexity index is 1280. The Kier molecular flexibility index (Phi) is 6.86. The first-order valence-electron chi connectivity index (χ1n) is 12.5. The van der Waals surface area contributed by atoms with Crippen LogP contribution in [0.2, 0.25) is 0 Å². The van der Waals surface area contributed by atoms with Gasteiger partial charge in [0.2, 0.25) is 11.8 Å². The van der Waals surface area contributed by atoms with Crippen molar-refractivity contribution in [2.24, 2.45) is 0 Å². The first-order valence-corrected chi connectivity index (χ1v) is 12.5. The quantitative estimate of drug-likeness (QED) is 0.537. The number of para-hydroxylation sites is 1. The Labute approximate surface area is 209 Å². The predicted octanol–water partition coefficient (Wildman–Crippen LogP) is 2.94. The number of fused-ring (bicyclic) bond motifs is 1. The number of hydrogen-bond acceptors (Lipinski definition) is 7. The average Bonchev–Trinajstić information content (AvgIpc) is 3.47. The lowest BCUT2D eigenvalue weighted by Gasteiger charge is -2.30. The summed E-state index contributed by atoms with van der Waals surface area (Å²) in [4.78, 5) is 46.5. The van der Waals surface area contributed by atoms with E-state index in [2.05, 4.69) is 10.1 Å². The van der Waals surface area contributed by atoms with Gasteiger partial charge in [0.1, 0.15) is 5.76 Å². The minimum absolute atomic E-state index is 0.0400. The molecule has 10 heteroatoms. The van der Waals surface area contributed by atoms with E-state index in [0.717, 1.165) is 16.6 Å². The minimum Gasteiger partial charge on any atom is -0.445 e. The third-order valence-electron chi connectivity index (χ3n) is 7.07. The summed E-state index contributed by atoms with van der Waals surface area (Å²) in [5.74, 6) is 0.798. The molecule has 36 heavy (non-hydrogen) atoms. The smallest absolute Gasteiger partial charge is 0.276 e. The fourth-order valence-corrected chi connectivity index (χ4v) is 4.97. The van der Waals surface area contributed by atoms with Crippen molar-refractivity contribution < 1.29 is 23.5 Å². The molecule has 5 rings (SSSR count). The number of nitrogens with zero attached hydrogens (tertiary/aromatic N) is 5. The van der Waals surface area contributed by atoms with Crippen molar-refractivity contribution >= 4 is 28.6 Å². The lowest BCUT2D eigenvalue weighted by atomic mass is 9.96. The molecule has 0 unspecified atom stereocenters. The number of piperidine rings is 1. The van der Waals surface area contributed by atoms with E-state index in [4.69, 9.17) is 9.15 Å². The second-order valence-electron chi connectivity index (χ2n) is 9.42. The molecule has 2 aliphatic rings. The number of morpholine rings is 1. The van der Waals surface area contributed by atoms with Gasteiger partial charge in [0.25, 0.3) is 5.91 Å². The van der Waals surface area contributed by atoms with E-state index in [9.17, 15) is 14.4 Å². The summed E-state index contributed by atoms with van der Waals surface area (Å²) >= 11 is 0. The van der Waals surface area contributed by atoms with Crippen LogP contribution in [0.25, 0.3) is 10.9 Å². The predicted molar refractivity (Wildman–Crippen MR) is 131 cm³/mol. The van der Waals surface area contributed by atoms with Gasteiger partial charge < -0.3 is 19.0 Å². The van der Waals surface area contributed by atoms with Gasteiger partial charge in [0.15, 0.2) is 11.6 Å². The van der Waals surface area contributed by atoms with E-state index in [0.29, 0.717) is 69.6 Å². The highest BCUT2D eigenvalue weighted by Crippen LogP contribution is 2.30. The molecule has 10 nitrogen and oxygen atoms in total. The Hall–Kier alpha value is -3.53. The number of rotatable bonds is 5. The van der Waals surface area contributed by atoms with Crippen LogP contribution in [0.1, 0.15) is 64.2 Å². The van der Waals surface area contributed by atoms with Crippen LogP contribution < -0.4 is 0 Å². The molecule has 0 atom stereocenters. The van der Waals surface area contributed by atoms with E-state index >= 15 is 0 Å². The van der Waals surface area contributed by atoms with Crippen LogP contribution in [-0.2, 0) is 9.53 Å². The van der Waals surface area contributed by atoms with E-state index in [1.54, 1.807) is 16.7 Å². The summed E-state index contributed by atoms with van der Waals surface area (Å²) in [7, 11) is 0. The van der Waals surface area contributed by atoms with Crippen LogP contribution in [0.4, 0.5) is 0 Å². The number of carbonyl (C=O) groups is 3. The molecule has 190 valence electrons. The molecule has 0 aliphatic carbocycles. The van der Waals surface area contributed by atoms with Gasteiger partial charge in [-0.15, -0.1) is 0 Å². The van der Waals surface area contributed by atoms with Crippen LogP contribution >= 0.6 is 0 Å². The number of aromatic nitrogens is 3. The van der Waals surface area contributed by atoms with E-state index in [1.165, 1.54) is 4.68 Å². The number of benzene rings is 1. The normalized spacial score (nSPS) is 17.1. The van der Waals surface area contributed by atoms with Crippen LogP contribution in [0.5, 0.6) is 0 Å². The minimum atomic E-state index is -0.185. The largest absolute Gasteiger partial charge is 0.445 e. The summed E-state index contributed by atoms with van der Waals surface area (Å²) in [5, 5.41) is 5.31. The lowest BCUT2D eigenvalue weighted by molar-refractivity contribution is -0.132. The molecule has 0 bridgehead atoms. The molecule has 2 amide bonds. The maximum Gasteiger partial charge on any atom is 0.276 e. The molecule has 0 saturated carbocycles. The maximum atomic E-state index is 12.8. The third kappa shape index (κ3) is 4.77. The summed E-state index contributed by atoms with van der Waals surface area (Å²) in [5.41, 5.74) is 1.93. The lowest BCUT2D eigenvalue weighted by Crippen LogP contribution is -2.41. The first kappa shape index (κ1) is 24.2. The highest BCUT2D eigenvalue weighted by Gasteiger charge is 2.30. The number of ether oxygens (including phenoxy) is 1. The van der Waals surface area contributed by atoms with E-state index in [1.807, 2.05) is 31.2 Å². The number of hydrogen-bond donors (Lipinski definition) is 0. The number of carbonyl (C=O) groups excluding carboxylic acids is 3. The number of amides is 2. The van der Waals surface area contributed by atoms with Crippen molar-refractivity contribution in [2.45, 2.75) is 45.4 Å². The maximum absolute atomic E-state index is 12.8. The second kappa shape index (κ2) is 10.2. The molecule has 2 fully saturated rings. The molecule has 4 heterocycles. The monoisotopic (exact) mass is 493 g/mol. The van der Waals surface area contributed by atoms with Gasteiger partial charge >= 0.3 is 0 Å². The fraction of sp³-hybridized carbons (Fsp3) is 0.500.